The summed E-state index contributed by atoms with van der Waals surface area (Å²) in [5.41, 5.74) is 13.8. The number of carbonyl (C=O) groups excluding carboxylic acids is 2. The summed E-state index contributed by atoms with van der Waals surface area (Å²) in [4.78, 5) is 25.3. The Hall–Kier alpha value is -3.00. The molecule has 0 unspecified atom stereocenters. The van der Waals surface area contributed by atoms with Gasteiger partial charge in [0.15, 0.2) is 0 Å². The second kappa shape index (κ2) is 8.16. The molecule has 1 saturated carbocycles. The largest absolute Gasteiger partial charge is 0.335 e. The first-order chi connectivity index (χ1) is 14.1. The molecular formula is C21H26N6O2. The highest BCUT2D eigenvalue weighted by molar-refractivity contribution is 6.04. The van der Waals surface area contributed by atoms with Gasteiger partial charge in [-0.15, -0.1) is 0 Å². The number of nitrogens with one attached hydrogen (secondary N) is 1. The Morgan fingerprint density at radius 1 is 1.38 bits per heavy atom. The number of hydrogen-bond acceptors (Lipinski definition) is 5. The minimum absolute atomic E-state index is 0.201. The predicted octanol–water partition coefficient (Wildman–Crippen LogP) is 1.41. The summed E-state index contributed by atoms with van der Waals surface area (Å²) in [5, 5.41) is 8.61. The van der Waals surface area contributed by atoms with Crippen molar-refractivity contribution in [3.8, 4) is 11.1 Å². The van der Waals surface area contributed by atoms with E-state index in [1.165, 1.54) is 0 Å². The van der Waals surface area contributed by atoms with Crippen molar-refractivity contribution >= 4 is 18.0 Å². The standard InChI is InChI=1S/C21H26N6O2/c1-14-5-6-16(9-17(14)19(10-22)25-23-13-28)18-11-24-27-8-7-26(12-20(18)27)21(29)15-3-2-4-15/h5-6,9,11,13,15H,2-4,7-8,10,12,22H2,1H3,(H,23,28)/b25-19-. The molecule has 2 aromatic rings. The molecule has 29 heavy (non-hydrogen) atoms. The van der Waals surface area contributed by atoms with Crippen LogP contribution in [0.25, 0.3) is 11.1 Å². The van der Waals surface area contributed by atoms with Crippen molar-refractivity contribution in [2.24, 2.45) is 16.8 Å². The van der Waals surface area contributed by atoms with Crippen LogP contribution in [0.1, 0.15) is 36.1 Å². The number of nitrogens with zero attached hydrogens (tertiary/aromatic N) is 4. The quantitative estimate of drug-likeness (QED) is 0.439. The fraction of sp³-hybridized carbons (Fsp3) is 0.429. The van der Waals surface area contributed by atoms with E-state index in [0.29, 0.717) is 31.8 Å². The lowest BCUT2D eigenvalue weighted by atomic mass is 9.84. The number of aryl methyl sites for hydroxylation is 1. The summed E-state index contributed by atoms with van der Waals surface area (Å²) in [6.07, 6.45) is 5.57. The van der Waals surface area contributed by atoms with E-state index in [0.717, 1.165) is 47.2 Å². The molecule has 3 N–H and O–H groups in total. The molecule has 1 aliphatic carbocycles. The monoisotopic (exact) mass is 394 g/mol. The minimum atomic E-state index is 0.201. The highest BCUT2D eigenvalue weighted by Gasteiger charge is 2.32. The molecule has 2 aliphatic rings. The molecule has 1 aliphatic heterocycles. The van der Waals surface area contributed by atoms with Crippen molar-refractivity contribution in [1.82, 2.24) is 20.1 Å². The third kappa shape index (κ3) is 3.67. The third-order valence-corrected chi connectivity index (χ3v) is 5.94. The lowest BCUT2D eigenvalue weighted by Gasteiger charge is -2.34. The maximum Gasteiger partial charge on any atom is 0.227 e. The van der Waals surface area contributed by atoms with Gasteiger partial charge in [0.05, 0.1) is 30.7 Å². The molecule has 8 heteroatoms. The SMILES string of the molecule is Cc1ccc(-c2cnn3c2CN(C(=O)C2CCC2)CC3)cc1/C(CN)=N\NC=O. The van der Waals surface area contributed by atoms with E-state index in [1.54, 1.807) is 0 Å². The number of aromatic nitrogens is 2. The summed E-state index contributed by atoms with van der Waals surface area (Å²) < 4.78 is 1.99. The van der Waals surface area contributed by atoms with E-state index >= 15 is 0 Å². The van der Waals surface area contributed by atoms with Crippen molar-refractivity contribution in [2.75, 3.05) is 13.1 Å². The molecule has 1 fully saturated rings. The van der Waals surface area contributed by atoms with Crippen LogP contribution in [0.2, 0.25) is 0 Å². The van der Waals surface area contributed by atoms with Gasteiger partial charge in [-0.1, -0.05) is 18.6 Å². The van der Waals surface area contributed by atoms with E-state index in [1.807, 2.05) is 40.9 Å². The highest BCUT2D eigenvalue weighted by Crippen LogP contribution is 2.32. The molecule has 1 aromatic heterocycles. The fourth-order valence-corrected chi connectivity index (χ4v) is 4.01. The number of hydrogen-bond donors (Lipinski definition) is 2. The Morgan fingerprint density at radius 3 is 2.90 bits per heavy atom. The smallest absolute Gasteiger partial charge is 0.227 e. The maximum atomic E-state index is 12.7. The lowest BCUT2D eigenvalue weighted by molar-refractivity contribution is -0.139. The third-order valence-electron chi connectivity index (χ3n) is 5.94. The molecule has 1 aromatic carbocycles. The van der Waals surface area contributed by atoms with Gasteiger partial charge >= 0.3 is 0 Å². The summed E-state index contributed by atoms with van der Waals surface area (Å²) >= 11 is 0. The highest BCUT2D eigenvalue weighted by atomic mass is 16.2. The Labute approximate surface area is 169 Å². The van der Waals surface area contributed by atoms with Crippen molar-refractivity contribution in [2.45, 2.75) is 39.3 Å². The summed E-state index contributed by atoms with van der Waals surface area (Å²) in [6, 6.07) is 6.09. The number of hydrazone groups is 1. The van der Waals surface area contributed by atoms with E-state index in [2.05, 4.69) is 15.6 Å². The van der Waals surface area contributed by atoms with Crippen molar-refractivity contribution < 1.29 is 9.59 Å². The van der Waals surface area contributed by atoms with Crippen LogP contribution in [-0.2, 0) is 22.7 Å². The minimum Gasteiger partial charge on any atom is -0.335 e. The molecule has 2 amide bonds. The molecule has 0 bridgehead atoms. The molecule has 0 radical (unpaired) electrons. The van der Waals surface area contributed by atoms with Gasteiger partial charge in [0.2, 0.25) is 12.3 Å². The van der Waals surface area contributed by atoms with Gasteiger partial charge in [0.25, 0.3) is 0 Å². The summed E-state index contributed by atoms with van der Waals surface area (Å²) in [6.45, 7) is 4.20. The Kier molecular flexibility index (Phi) is 5.44. The number of nitrogens with two attached hydrogens (primary N) is 1. The summed E-state index contributed by atoms with van der Waals surface area (Å²) in [5.74, 6) is 0.476. The Morgan fingerprint density at radius 2 is 2.21 bits per heavy atom. The van der Waals surface area contributed by atoms with Gasteiger partial charge in [0.1, 0.15) is 0 Å². The molecule has 0 spiro atoms. The number of benzene rings is 1. The number of carbonyl (C=O) groups is 2. The number of rotatable bonds is 6. The van der Waals surface area contributed by atoms with Crippen LogP contribution in [0.15, 0.2) is 29.5 Å². The van der Waals surface area contributed by atoms with Gasteiger partial charge in [0, 0.05) is 30.1 Å². The second-order valence-electron chi connectivity index (χ2n) is 7.65. The van der Waals surface area contributed by atoms with Crippen LogP contribution in [0.4, 0.5) is 0 Å². The molecule has 0 atom stereocenters. The van der Waals surface area contributed by atoms with E-state index in [-0.39, 0.29) is 18.4 Å². The molecule has 4 rings (SSSR count). The van der Waals surface area contributed by atoms with Crippen LogP contribution in [-0.4, -0.2) is 45.8 Å². The van der Waals surface area contributed by atoms with Crippen LogP contribution in [0.5, 0.6) is 0 Å². The molecule has 2 heterocycles. The van der Waals surface area contributed by atoms with E-state index < -0.39 is 0 Å². The molecular weight excluding hydrogens is 368 g/mol. The Balaban J connectivity index is 1.65. The fourth-order valence-electron chi connectivity index (χ4n) is 4.01. The zero-order valence-corrected chi connectivity index (χ0v) is 16.6. The van der Waals surface area contributed by atoms with Crippen LogP contribution in [0.3, 0.4) is 0 Å². The van der Waals surface area contributed by atoms with Crippen LogP contribution in [0, 0.1) is 12.8 Å². The second-order valence-corrected chi connectivity index (χ2v) is 7.65. The predicted molar refractivity (Wildman–Crippen MR) is 110 cm³/mol. The zero-order chi connectivity index (χ0) is 20.4. The first-order valence-electron chi connectivity index (χ1n) is 10.0. The number of fused-ring (bicyclic) bond motifs is 1. The zero-order valence-electron chi connectivity index (χ0n) is 16.6. The van der Waals surface area contributed by atoms with Crippen molar-refractivity contribution in [3.63, 3.8) is 0 Å². The van der Waals surface area contributed by atoms with Gasteiger partial charge in [-0.3, -0.25) is 14.3 Å². The van der Waals surface area contributed by atoms with Crippen molar-refractivity contribution in [3.05, 3.63) is 41.2 Å². The van der Waals surface area contributed by atoms with E-state index in [4.69, 9.17) is 5.73 Å². The van der Waals surface area contributed by atoms with Gasteiger partial charge in [-0.25, -0.2) is 5.43 Å². The Bertz CT molecular complexity index is 960. The maximum absolute atomic E-state index is 12.7. The van der Waals surface area contributed by atoms with Crippen LogP contribution < -0.4 is 11.2 Å². The van der Waals surface area contributed by atoms with Crippen LogP contribution >= 0.6 is 0 Å². The van der Waals surface area contributed by atoms with Gasteiger partial charge < -0.3 is 10.6 Å². The van der Waals surface area contributed by atoms with E-state index in [9.17, 15) is 9.59 Å². The molecule has 152 valence electrons. The average molecular weight is 394 g/mol. The lowest BCUT2D eigenvalue weighted by Crippen LogP contribution is -2.43. The van der Waals surface area contributed by atoms with Gasteiger partial charge in [-0.2, -0.15) is 10.2 Å². The molecule has 8 nitrogen and oxygen atoms in total. The average Bonchev–Trinajstić information content (AvgIpc) is 3.11. The van der Waals surface area contributed by atoms with Gasteiger partial charge in [-0.05, 0) is 37.0 Å². The topological polar surface area (TPSA) is 106 Å². The normalized spacial score (nSPS) is 16.9. The first kappa shape index (κ1) is 19.3. The summed E-state index contributed by atoms with van der Waals surface area (Å²) in [7, 11) is 0. The van der Waals surface area contributed by atoms with Crippen molar-refractivity contribution in [1.29, 1.82) is 0 Å². The number of amides is 2. The molecule has 0 saturated heterocycles. The first-order valence-corrected chi connectivity index (χ1v) is 10.0.